The number of hydrogen-bond acceptors (Lipinski definition) is 3. The normalized spacial score (nSPS) is 26.4. The maximum Gasteiger partial charge on any atom is 0.0708 e. The molecule has 0 aliphatic carbocycles. The monoisotopic (exact) mass is 395 g/mol. The van der Waals surface area contributed by atoms with Crippen LogP contribution in [-0.2, 0) is 16.0 Å². The first-order chi connectivity index (χ1) is 11.4. The van der Waals surface area contributed by atoms with Gasteiger partial charge in [-0.3, -0.25) is 4.90 Å². The molecule has 1 aromatic carbocycles. The molecule has 0 spiro atoms. The van der Waals surface area contributed by atoms with Gasteiger partial charge in [-0.1, -0.05) is 41.9 Å². The molecular formula is C20H30BrNO2. The fourth-order valence-electron chi connectivity index (χ4n) is 3.78. The zero-order valence-corrected chi connectivity index (χ0v) is 16.8. The largest absolute Gasteiger partial charge is 0.377 e. The molecule has 2 aliphatic rings. The number of aryl methyl sites for hydroxylation is 1. The van der Waals surface area contributed by atoms with Gasteiger partial charge in [-0.05, 0) is 48.8 Å². The van der Waals surface area contributed by atoms with E-state index >= 15 is 0 Å². The lowest BCUT2D eigenvalue weighted by atomic mass is 9.90. The predicted octanol–water partition coefficient (Wildman–Crippen LogP) is 4.55. The molecule has 2 saturated heterocycles. The summed E-state index contributed by atoms with van der Waals surface area (Å²) < 4.78 is 13.1. The highest BCUT2D eigenvalue weighted by Crippen LogP contribution is 2.32. The van der Waals surface area contributed by atoms with Crippen molar-refractivity contribution in [3.05, 3.63) is 33.8 Å². The van der Waals surface area contributed by atoms with Crippen LogP contribution >= 0.6 is 15.9 Å². The molecule has 0 bridgehead atoms. The van der Waals surface area contributed by atoms with Gasteiger partial charge in [-0.2, -0.15) is 0 Å². The van der Waals surface area contributed by atoms with Gasteiger partial charge < -0.3 is 9.47 Å². The Morgan fingerprint density at radius 3 is 2.62 bits per heavy atom. The van der Waals surface area contributed by atoms with Crippen molar-refractivity contribution in [2.75, 3.05) is 26.3 Å². The highest BCUT2D eigenvalue weighted by atomic mass is 79.9. The molecule has 3 nitrogen and oxygen atoms in total. The van der Waals surface area contributed by atoms with E-state index in [4.69, 9.17) is 9.47 Å². The summed E-state index contributed by atoms with van der Waals surface area (Å²) in [5.74, 6) is 0. The van der Waals surface area contributed by atoms with E-state index in [1.54, 1.807) is 0 Å². The van der Waals surface area contributed by atoms with Gasteiger partial charge >= 0.3 is 0 Å². The number of halogens is 1. The zero-order chi connectivity index (χ0) is 17.2. The van der Waals surface area contributed by atoms with Crippen molar-refractivity contribution in [2.45, 2.75) is 58.8 Å². The highest BCUT2D eigenvalue weighted by molar-refractivity contribution is 9.10. The van der Waals surface area contributed by atoms with E-state index in [2.05, 4.69) is 59.8 Å². The Bertz CT molecular complexity index is 555. The van der Waals surface area contributed by atoms with Crippen LogP contribution in [0.25, 0.3) is 0 Å². The Kier molecular flexibility index (Phi) is 6.02. The average molecular weight is 396 g/mol. The molecule has 0 saturated carbocycles. The Hall–Kier alpha value is -0.420. The summed E-state index contributed by atoms with van der Waals surface area (Å²) in [7, 11) is 0. The fraction of sp³-hybridized carbons (Fsp3) is 0.700. The van der Waals surface area contributed by atoms with Crippen molar-refractivity contribution in [2.24, 2.45) is 5.41 Å². The van der Waals surface area contributed by atoms with E-state index in [0.717, 1.165) is 39.3 Å². The standard InChI is InChI=1S/C20H30BrNO2/c1-15-6-7-16(19(21)9-15)11-22(12-17-5-4-8-23-17)13-18-10-20(2,3)14-24-18/h6-7,9,17-18H,4-5,8,10-14H2,1-3H3. The Balaban J connectivity index is 1.66. The number of benzene rings is 1. The molecule has 1 aromatic rings. The van der Waals surface area contributed by atoms with E-state index in [1.165, 1.54) is 28.4 Å². The molecule has 3 rings (SSSR count). The van der Waals surface area contributed by atoms with Crippen LogP contribution in [0.1, 0.15) is 44.2 Å². The van der Waals surface area contributed by atoms with Gasteiger partial charge in [0, 0.05) is 30.7 Å². The first-order valence-corrected chi connectivity index (χ1v) is 9.91. The SMILES string of the molecule is Cc1ccc(CN(CC2CCCO2)CC2CC(C)(C)CO2)c(Br)c1. The molecule has 134 valence electrons. The number of rotatable bonds is 6. The molecule has 2 fully saturated rings. The molecule has 0 N–H and O–H groups in total. The second-order valence-electron chi connectivity index (χ2n) is 8.23. The summed E-state index contributed by atoms with van der Waals surface area (Å²) in [4.78, 5) is 2.53. The van der Waals surface area contributed by atoms with Crippen molar-refractivity contribution >= 4 is 15.9 Å². The summed E-state index contributed by atoms with van der Waals surface area (Å²) in [5, 5.41) is 0. The van der Waals surface area contributed by atoms with E-state index in [-0.39, 0.29) is 0 Å². The lowest BCUT2D eigenvalue weighted by Crippen LogP contribution is -2.37. The molecular weight excluding hydrogens is 366 g/mol. The lowest BCUT2D eigenvalue weighted by Gasteiger charge is -2.28. The third kappa shape index (κ3) is 5.04. The van der Waals surface area contributed by atoms with Gasteiger partial charge in [0.2, 0.25) is 0 Å². The summed E-state index contributed by atoms with van der Waals surface area (Å²) in [6.45, 7) is 11.5. The first-order valence-electron chi connectivity index (χ1n) is 9.12. The van der Waals surface area contributed by atoms with Crippen molar-refractivity contribution in [1.82, 2.24) is 4.90 Å². The van der Waals surface area contributed by atoms with Gasteiger partial charge in [-0.15, -0.1) is 0 Å². The Morgan fingerprint density at radius 1 is 1.21 bits per heavy atom. The maximum atomic E-state index is 6.06. The number of ether oxygens (including phenoxy) is 2. The molecule has 2 atom stereocenters. The second-order valence-corrected chi connectivity index (χ2v) is 9.08. The minimum atomic E-state index is 0.310. The Labute approximate surface area is 154 Å². The lowest BCUT2D eigenvalue weighted by molar-refractivity contribution is 0.0329. The maximum absolute atomic E-state index is 6.06. The van der Waals surface area contributed by atoms with Crippen LogP contribution in [0.5, 0.6) is 0 Å². The van der Waals surface area contributed by atoms with Crippen molar-refractivity contribution in [3.8, 4) is 0 Å². The van der Waals surface area contributed by atoms with E-state index in [1.807, 2.05) is 0 Å². The topological polar surface area (TPSA) is 21.7 Å². The van der Waals surface area contributed by atoms with Gasteiger partial charge in [0.05, 0.1) is 18.8 Å². The number of hydrogen-bond donors (Lipinski definition) is 0. The average Bonchev–Trinajstić information content (AvgIpc) is 3.11. The van der Waals surface area contributed by atoms with Crippen molar-refractivity contribution in [3.63, 3.8) is 0 Å². The first kappa shape index (κ1) is 18.4. The van der Waals surface area contributed by atoms with E-state index in [9.17, 15) is 0 Å². The molecule has 2 unspecified atom stereocenters. The van der Waals surface area contributed by atoms with Crippen LogP contribution in [-0.4, -0.2) is 43.4 Å². The van der Waals surface area contributed by atoms with Crippen molar-refractivity contribution in [1.29, 1.82) is 0 Å². The second kappa shape index (κ2) is 7.86. The molecule has 2 aliphatic heterocycles. The van der Waals surface area contributed by atoms with Crippen LogP contribution in [0.2, 0.25) is 0 Å². The van der Waals surface area contributed by atoms with Crippen molar-refractivity contribution < 1.29 is 9.47 Å². The minimum Gasteiger partial charge on any atom is -0.377 e. The minimum absolute atomic E-state index is 0.310. The van der Waals surface area contributed by atoms with E-state index in [0.29, 0.717) is 17.6 Å². The Morgan fingerprint density at radius 2 is 2.00 bits per heavy atom. The molecule has 0 aromatic heterocycles. The van der Waals surface area contributed by atoms with Crippen LogP contribution in [0.15, 0.2) is 22.7 Å². The van der Waals surface area contributed by atoms with Gasteiger partial charge in [0.25, 0.3) is 0 Å². The molecule has 0 amide bonds. The molecule has 24 heavy (non-hydrogen) atoms. The quantitative estimate of drug-likeness (QED) is 0.704. The smallest absolute Gasteiger partial charge is 0.0708 e. The number of nitrogens with zero attached hydrogens (tertiary/aromatic N) is 1. The third-order valence-electron chi connectivity index (χ3n) is 5.04. The van der Waals surface area contributed by atoms with Gasteiger partial charge in [0.15, 0.2) is 0 Å². The summed E-state index contributed by atoms with van der Waals surface area (Å²) in [5.41, 5.74) is 2.94. The fourth-order valence-corrected chi connectivity index (χ4v) is 4.40. The van der Waals surface area contributed by atoms with Crippen LogP contribution < -0.4 is 0 Å². The highest BCUT2D eigenvalue weighted by Gasteiger charge is 2.33. The van der Waals surface area contributed by atoms with Gasteiger partial charge in [0.1, 0.15) is 0 Å². The molecule has 0 radical (unpaired) electrons. The summed E-state index contributed by atoms with van der Waals surface area (Å²) in [6.07, 6.45) is 4.24. The van der Waals surface area contributed by atoms with Gasteiger partial charge in [-0.25, -0.2) is 0 Å². The van der Waals surface area contributed by atoms with Crippen LogP contribution in [0.4, 0.5) is 0 Å². The molecule has 2 heterocycles. The van der Waals surface area contributed by atoms with E-state index < -0.39 is 0 Å². The van der Waals surface area contributed by atoms with Crippen LogP contribution in [0.3, 0.4) is 0 Å². The summed E-state index contributed by atoms with van der Waals surface area (Å²) >= 11 is 3.73. The zero-order valence-electron chi connectivity index (χ0n) is 15.2. The predicted molar refractivity (Wildman–Crippen MR) is 101 cm³/mol. The van der Waals surface area contributed by atoms with Crippen LogP contribution in [0, 0.1) is 12.3 Å². The summed E-state index contributed by atoms with van der Waals surface area (Å²) in [6, 6.07) is 6.63. The third-order valence-corrected chi connectivity index (χ3v) is 5.78. The molecule has 4 heteroatoms.